The van der Waals surface area contributed by atoms with Crippen LogP contribution in [0.4, 0.5) is 17.1 Å². The zero-order chi connectivity index (χ0) is 25.4. The number of carbonyl (C=O) groups is 3. The van der Waals surface area contributed by atoms with Gasteiger partial charge >= 0.3 is 0 Å². The summed E-state index contributed by atoms with van der Waals surface area (Å²) in [6.07, 6.45) is 4.12. The van der Waals surface area contributed by atoms with E-state index >= 15 is 0 Å². The van der Waals surface area contributed by atoms with Gasteiger partial charge in [-0.05, 0) is 79.3 Å². The lowest BCUT2D eigenvalue weighted by molar-refractivity contribution is -0.118. The molecule has 3 N–H and O–H groups in total. The minimum atomic E-state index is -0.206. The highest BCUT2D eigenvalue weighted by Gasteiger charge is 2.33. The summed E-state index contributed by atoms with van der Waals surface area (Å²) in [6.45, 7) is 1.35. The maximum atomic E-state index is 13.4. The van der Waals surface area contributed by atoms with Gasteiger partial charge in [-0.25, -0.2) is 0 Å². The third-order valence-electron chi connectivity index (χ3n) is 6.99. The second kappa shape index (κ2) is 9.61. The van der Waals surface area contributed by atoms with Crippen molar-refractivity contribution >= 4 is 34.8 Å². The highest BCUT2D eigenvalue weighted by Crippen LogP contribution is 2.33. The van der Waals surface area contributed by atoms with E-state index in [9.17, 15) is 14.4 Å². The Bertz CT molecular complexity index is 1380. The van der Waals surface area contributed by atoms with Crippen LogP contribution in [0.15, 0.2) is 60.7 Å². The highest BCUT2D eigenvalue weighted by atomic mass is 16.5. The second-order valence-electron chi connectivity index (χ2n) is 9.77. The Morgan fingerprint density at radius 3 is 2.59 bits per heavy atom. The molecule has 8 nitrogen and oxygen atoms in total. The van der Waals surface area contributed by atoms with Crippen molar-refractivity contribution in [2.45, 2.75) is 38.3 Å². The molecule has 0 radical (unpaired) electrons. The lowest BCUT2D eigenvalue weighted by Crippen LogP contribution is -2.33. The van der Waals surface area contributed by atoms with E-state index < -0.39 is 0 Å². The molecular formula is C29H28N4O4. The van der Waals surface area contributed by atoms with Crippen molar-refractivity contribution in [2.24, 2.45) is 0 Å². The van der Waals surface area contributed by atoms with E-state index in [-0.39, 0.29) is 30.4 Å². The Labute approximate surface area is 215 Å². The highest BCUT2D eigenvalue weighted by molar-refractivity contribution is 6.04. The van der Waals surface area contributed by atoms with Crippen LogP contribution in [0.1, 0.15) is 51.1 Å². The van der Waals surface area contributed by atoms with Crippen LogP contribution in [0.2, 0.25) is 0 Å². The van der Waals surface area contributed by atoms with Crippen molar-refractivity contribution < 1.29 is 19.1 Å². The lowest BCUT2D eigenvalue weighted by atomic mass is 10.0. The predicted octanol–water partition coefficient (Wildman–Crippen LogP) is 4.43. The van der Waals surface area contributed by atoms with Gasteiger partial charge in [-0.1, -0.05) is 18.2 Å². The van der Waals surface area contributed by atoms with Gasteiger partial charge in [0.2, 0.25) is 0 Å². The quantitative estimate of drug-likeness (QED) is 0.469. The minimum absolute atomic E-state index is 0.0553. The largest absolute Gasteiger partial charge is 0.482 e. The monoisotopic (exact) mass is 496 g/mol. The molecule has 8 heteroatoms. The number of fused-ring (bicyclic) bond motifs is 2. The second-order valence-corrected chi connectivity index (χ2v) is 9.77. The number of amides is 3. The van der Waals surface area contributed by atoms with Gasteiger partial charge in [0.05, 0.1) is 5.69 Å². The summed E-state index contributed by atoms with van der Waals surface area (Å²) >= 11 is 0. The summed E-state index contributed by atoms with van der Waals surface area (Å²) in [6, 6.07) is 18.7. The molecule has 188 valence electrons. The van der Waals surface area contributed by atoms with Crippen molar-refractivity contribution in [3.05, 3.63) is 82.9 Å². The zero-order valence-corrected chi connectivity index (χ0v) is 20.4. The normalized spacial score (nSPS) is 15.8. The van der Waals surface area contributed by atoms with Crippen molar-refractivity contribution in [3.8, 4) is 5.75 Å². The molecule has 3 amide bonds. The van der Waals surface area contributed by atoms with Gasteiger partial charge in [-0.3, -0.25) is 14.4 Å². The standard InChI is InChI=1S/C29H28N4O4/c34-27-17-37-26-14-21(8-12-24(26)32-27)29(36)33(23-10-11-23)16-18-3-5-20(6-4-18)28(35)31-22-9-7-19-2-1-13-30-25(19)15-22/h3-9,12,14-15,23,30H,1-2,10-11,13,16-17H2,(H,31,35)(H,32,34). The number of benzene rings is 3. The first-order valence-electron chi connectivity index (χ1n) is 12.7. The lowest BCUT2D eigenvalue weighted by Gasteiger charge is -2.24. The molecular weight excluding hydrogens is 468 g/mol. The third-order valence-corrected chi connectivity index (χ3v) is 6.99. The molecule has 1 aliphatic carbocycles. The topological polar surface area (TPSA) is 99.8 Å². The number of carbonyl (C=O) groups excluding carboxylic acids is 3. The third kappa shape index (κ3) is 5.00. The van der Waals surface area contributed by atoms with Gasteiger partial charge < -0.3 is 25.6 Å². The Balaban J connectivity index is 1.13. The van der Waals surface area contributed by atoms with E-state index in [1.807, 2.05) is 29.2 Å². The molecule has 2 aliphatic heterocycles. The van der Waals surface area contributed by atoms with E-state index in [2.05, 4.69) is 22.0 Å². The Morgan fingerprint density at radius 1 is 0.973 bits per heavy atom. The molecule has 1 fully saturated rings. The molecule has 1 saturated carbocycles. The SMILES string of the molecule is O=C1COc2cc(C(=O)N(Cc3ccc(C(=O)Nc4ccc5c(c4)NCCC5)cc3)C3CC3)ccc2N1. The van der Waals surface area contributed by atoms with Crippen LogP contribution >= 0.6 is 0 Å². The number of nitrogens with zero attached hydrogens (tertiary/aromatic N) is 1. The molecule has 37 heavy (non-hydrogen) atoms. The van der Waals surface area contributed by atoms with E-state index in [0.29, 0.717) is 29.1 Å². The molecule has 0 aromatic heterocycles. The van der Waals surface area contributed by atoms with Gasteiger partial charge in [-0.15, -0.1) is 0 Å². The van der Waals surface area contributed by atoms with Crippen LogP contribution in [0, 0.1) is 0 Å². The fraction of sp³-hybridized carbons (Fsp3) is 0.276. The summed E-state index contributed by atoms with van der Waals surface area (Å²) in [7, 11) is 0. The summed E-state index contributed by atoms with van der Waals surface area (Å²) in [4.78, 5) is 39.6. The predicted molar refractivity (Wildman–Crippen MR) is 141 cm³/mol. The molecule has 0 unspecified atom stereocenters. The smallest absolute Gasteiger partial charge is 0.262 e. The maximum Gasteiger partial charge on any atom is 0.262 e. The molecule has 2 heterocycles. The summed E-state index contributed by atoms with van der Waals surface area (Å²) < 4.78 is 5.48. The van der Waals surface area contributed by atoms with Crippen LogP contribution < -0.4 is 20.7 Å². The summed E-state index contributed by atoms with van der Waals surface area (Å²) in [5.41, 5.74) is 5.74. The van der Waals surface area contributed by atoms with Crippen molar-refractivity contribution in [1.29, 1.82) is 0 Å². The zero-order valence-electron chi connectivity index (χ0n) is 20.4. The van der Waals surface area contributed by atoms with Crippen LogP contribution in [0.5, 0.6) is 5.75 Å². The van der Waals surface area contributed by atoms with Crippen molar-refractivity contribution in [3.63, 3.8) is 0 Å². The van der Waals surface area contributed by atoms with E-state index in [4.69, 9.17) is 4.74 Å². The van der Waals surface area contributed by atoms with Crippen LogP contribution in [-0.2, 0) is 17.8 Å². The summed E-state index contributed by atoms with van der Waals surface area (Å²) in [5, 5.41) is 9.12. The Hall–Kier alpha value is -4.33. The molecule has 3 aliphatic rings. The first-order valence-corrected chi connectivity index (χ1v) is 12.7. The fourth-order valence-electron chi connectivity index (χ4n) is 4.83. The van der Waals surface area contributed by atoms with Gasteiger partial charge in [-0.2, -0.15) is 0 Å². The molecule has 3 aromatic rings. The first-order chi connectivity index (χ1) is 18.0. The molecule has 0 saturated heterocycles. The maximum absolute atomic E-state index is 13.4. The van der Waals surface area contributed by atoms with Gasteiger partial charge in [0.15, 0.2) is 6.61 Å². The number of hydrogen-bond donors (Lipinski definition) is 3. The van der Waals surface area contributed by atoms with Crippen LogP contribution in [0.25, 0.3) is 0 Å². The van der Waals surface area contributed by atoms with Crippen LogP contribution in [-0.4, -0.2) is 41.8 Å². The van der Waals surface area contributed by atoms with Crippen LogP contribution in [0.3, 0.4) is 0 Å². The van der Waals surface area contributed by atoms with E-state index in [0.717, 1.165) is 49.2 Å². The first kappa shape index (κ1) is 23.1. The van der Waals surface area contributed by atoms with E-state index in [1.165, 1.54) is 5.56 Å². The number of nitrogens with one attached hydrogen (secondary N) is 3. The molecule has 3 aromatic carbocycles. The molecule has 0 atom stereocenters. The number of anilines is 3. The van der Waals surface area contributed by atoms with Gasteiger partial charge in [0.25, 0.3) is 17.7 Å². The minimum Gasteiger partial charge on any atom is -0.482 e. The van der Waals surface area contributed by atoms with Crippen molar-refractivity contribution in [2.75, 3.05) is 29.1 Å². The Kier molecular flexibility index (Phi) is 6.00. The summed E-state index contributed by atoms with van der Waals surface area (Å²) in [5.74, 6) is 0.0569. The number of rotatable bonds is 6. The number of aryl methyl sites for hydroxylation is 1. The number of hydrogen-bond acceptors (Lipinski definition) is 5. The fourth-order valence-corrected chi connectivity index (χ4v) is 4.83. The average molecular weight is 497 g/mol. The molecule has 6 rings (SSSR count). The van der Waals surface area contributed by atoms with Crippen molar-refractivity contribution in [1.82, 2.24) is 4.90 Å². The van der Waals surface area contributed by atoms with Gasteiger partial charge in [0, 0.05) is 41.6 Å². The molecule has 0 spiro atoms. The Morgan fingerprint density at radius 2 is 1.78 bits per heavy atom. The average Bonchev–Trinajstić information content (AvgIpc) is 3.77. The van der Waals surface area contributed by atoms with E-state index in [1.54, 1.807) is 30.3 Å². The molecule has 0 bridgehead atoms. The number of ether oxygens (including phenoxy) is 1. The van der Waals surface area contributed by atoms with Gasteiger partial charge in [0.1, 0.15) is 5.75 Å².